The van der Waals surface area contributed by atoms with Crippen LogP contribution in [-0.4, -0.2) is 55.4 Å². The Labute approximate surface area is 166 Å². The Kier molecular flexibility index (Phi) is 7.34. The van der Waals surface area contributed by atoms with E-state index in [1.807, 2.05) is 25.8 Å². The van der Waals surface area contributed by atoms with Crippen LogP contribution >= 0.6 is 0 Å². The number of sulfonamides is 1. The molecule has 0 saturated carbocycles. The zero-order chi connectivity index (χ0) is 20.9. The molecule has 1 N–H and O–H groups in total. The van der Waals surface area contributed by atoms with Gasteiger partial charge in [-0.1, -0.05) is 19.0 Å². The Morgan fingerprint density at radius 1 is 1.14 bits per heavy atom. The summed E-state index contributed by atoms with van der Waals surface area (Å²) in [7, 11) is -1.67. The van der Waals surface area contributed by atoms with E-state index < -0.39 is 10.0 Å². The van der Waals surface area contributed by atoms with Crippen molar-refractivity contribution in [3.8, 4) is 0 Å². The average Bonchev–Trinajstić information content (AvgIpc) is 2.94. The molecule has 0 atom stereocenters. The van der Waals surface area contributed by atoms with E-state index in [1.165, 1.54) is 16.4 Å². The fourth-order valence-electron chi connectivity index (χ4n) is 2.92. The first-order chi connectivity index (χ1) is 13.2. The van der Waals surface area contributed by atoms with Crippen LogP contribution in [0.5, 0.6) is 0 Å². The van der Waals surface area contributed by atoms with Gasteiger partial charge in [0, 0.05) is 30.9 Å². The van der Waals surface area contributed by atoms with E-state index in [0.29, 0.717) is 25.3 Å². The van der Waals surface area contributed by atoms with Crippen LogP contribution in [0.4, 0.5) is 5.69 Å². The molecule has 1 aromatic heterocycles. The molecule has 0 aliphatic carbocycles. The van der Waals surface area contributed by atoms with E-state index >= 15 is 0 Å². The molecule has 0 fully saturated rings. The van der Waals surface area contributed by atoms with Crippen LogP contribution in [0.1, 0.15) is 30.9 Å². The van der Waals surface area contributed by atoms with Crippen LogP contribution in [0, 0.1) is 13.8 Å². The second kappa shape index (κ2) is 9.31. The van der Waals surface area contributed by atoms with Gasteiger partial charge in [0.25, 0.3) is 0 Å². The molecule has 0 unspecified atom stereocenters. The van der Waals surface area contributed by atoms with Gasteiger partial charge in [-0.05, 0) is 45.2 Å². The van der Waals surface area contributed by atoms with Gasteiger partial charge in [0.2, 0.25) is 15.9 Å². The first kappa shape index (κ1) is 22.1. The Morgan fingerprint density at radius 2 is 1.75 bits per heavy atom. The number of anilines is 1. The molecule has 0 bridgehead atoms. The lowest BCUT2D eigenvalue weighted by Crippen LogP contribution is -2.31. The van der Waals surface area contributed by atoms with Gasteiger partial charge in [-0.3, -0.25) is 9.69 Å². The highest BCUT2D eigenvalue weighted by Gasteiger charge is 2.21. The molecule has 1 heterocycles. The van der Waals surface area contributed by atoms with Crippen LogP contribution in [0.2, 0.25) is 0 Å². The summed E-state index contributed by atoms with van der Waals surface area (Å²) in [4.78, 5) is 14.4. The fraction of sp³-hybridized carbons (Fsp3) is 0.474. The normalized spacial score (nSPS) is 12.0. The monoisotopic (exact) mass is 408 g/mol. The Hall–Kier alpha value is -2.23. The van der Waals surface area contributed by atoms with Crippen LogP contribution in [0.25, 0.3) is 0 Å². The van der Waals surface area contributed by atoms with Crippen molar-refractivity contribution in [1.82, 2.24) is 14.4 Å². The maximum absolute atomic E-state index is 12.5. The van der Waals surface area contributed by atoms with E-state index in [9.17, 15) is 13.2 Å². The molecule has 2 aromatic rings. The maximum atomic E-state index is 12.5. The molecule has 2 rings (SSSR count). The molecule has 0 saturated heterocycles. The highest BCUT2D eigenvalue weighted by molar-refractivity contribution is 7.89. The first-order valence-electron chi connectivity index (χ1n) is 9.19. The van der Waals surface area contributed by atoms with Gasteiger partial charge in [0.1, 0.15) is 5.76 Å². The zero-order valence-corrected chi connectivity index (χ0v) is 17.8. The topological polar surface area (TPSA) is 95.8 Å². The smallest absolute Gasteiger partial charge is 0.243 e. The number of amides is 1. The number of nitrogens with one attached hydrogen (secondary N) is 1. The predicted molar refractivity (Wildman–Crippen MR) is 107 cm³/mol. The van der Waals surface area contributed by atoms with Crippen molar-refractivity contribution >= 4 is 21.6 Å². The minimum atomic E-state index is -3.51. The summed E-state index contributed by atoms with van der Waals surface area (Å²) in [5, 5.41) is 6.70. The number of likely N-dealkylation sites (N-methyl/N-ethyl adjacent to an activating group) is 1. The third kappa shape index (κ3) is 5.18. The number of aryl methyl sites for hydroxylation is 2. The minimum absolute atomic E-state index is 0.184. The van der Waals surface area contributed by atoms with Crippen LogP contribution < -0.4 is 5.32 Å². The Balaban J connectivity index is 1.97. The summed E-state index contributed by atoms with van der Waals surface area (Å²) in [6.07, 6.45) is 0. The lowest BCUT2D eigenvalue weighted by atomic mass is 10.2. The van der Waals surface area contributed by atoms with Crippen LogP contribution in [-0.2, 0) is 21.4 Å². The Bertz CT molecular complexity index is 883. The van der Waals surface area contributed by atoms with Gasteiger partial charge in [-0.15, -0.1) is 0 Å². The molecule has 8 nitrogen and oxygen atoms in total. The second-order valence-electron chi connectivity index (χ2n) is 6.64. The number of benzene rings is 1. The number of nitrogens with zero attached hydrogens (tertiary/aromatic N) is 3. The van der Waals surface area contributed by atoms with E-state index in [0.717, 1.165) is 17.0 Å². The fourth-order valence-corrected chi connectivity index (χ4v) is 4.38. The lowest BCUT2D eigenvalue weighted by Gasteiger charge is -2.19. The molecule has 0 radical (unpaired) electrons. The molecule has 0 aliphatic rings. The number of hydrogen-bond acceptors (Lipinski definition) is 6. The molecule has 28 heavy (non-hydrogen) atoms. The highest BCUT2D eigenvalue weighted by atomic mass is 32.2. The van der Waals surface area contributed by atoms with Crippen molar-refractivity contribution in [3.63, 3.8) is 0 Å². The largest absolute Gasteiger partial charge is 0.361 e. The molecule has 154 valence electrons. The Morgan fingerprint density at radius 3 is 2.25 bits per heavy atom. The average molecular weight is 409 g/mol. The van der Waals surface area contributed by atoms with Gasteiger partial charge < -0.3 is 9.84 Å². The summed E-state index contributed by atoms with van der Waals surface area (Å²) in [6.45, 7) is 8.87. The number of carbonyl (C=O) groups is 1. The number of carbonyl (C=O) groups excluding carboxylic acids is 1. The van der Waals surface area contributed by atoms with Gasteiger partial charge in [0.05, 0.1) is 17.1 Å². The number of rotatable bonds is 9. The minimum Gasteiger partial charge on any atom is -0.361 e. The highest BCUT2D eigenvalue weighted by Crippen LogP contribution is 2.18. The standard InChI is InChI=1S/C19H28N4O4S/c1-6-23(7-2)28(25,26)17-10-8-16(9-11-17)20-19(24)13-22(5)12-18-14(3)21-27-15(18)4/h8-11H,6-7,12-13H2,1-5H3,(H,20,24). The van der Waals surface area contributed by atoms with E-state index in [4.69, 9.17) is 4.52 Å². The van der Waals surface area contributed by atoms with E-state index in [-0.39, 0.29) is 17.3 Å². The van der Waals surface area contributed by atoms with Crippen molar-refractivity contribution in [2.24, 2.45) is 0 Å². The van der Waals surface area contributed by atoms with Crippen molar-refractivity contribution in [1.29, 1.82) is 0 Å². The summed E-state index contributed by atoms with van der Waals surface area (Å²) >= 11 is 0. The van der Waals surface area contributed by atoms with Crippen molar-refractivity contribution in [2.45, 2.75) is 39.1 Å². The molecular weight excluding hydrogens is 380 g/mol. The second-order valence-corrected chi connectivity index (χ2v) is 8.57. The molecule has 0 aliphatic heterocycles. The molecular formula is C19H28N4O4S. The van der Waals surface area contributed by atoms with Crippen molar-refractivity contribution in [3.05, 3.63) is 41.3 Å². The van der Waals surface area contributed by atoms with Crippen LogP contribution in [0.3, 0.4) is 0 Å². The summed E-state index contributed by atoms with van der Waals surface area (Å²) in [6, 6.07) is 6.22. The first-order valence-corrected chi connectivity index (χ1v) is 10.6. The van der Waals surface area contributed by atoms with Crippen LogP contribution in [0.15, 0.2) is 33.7 Å². The summed E-state index contributed by atoms with van der Waals surface area (Å²) < 4.78 is 31.5. The lowest BCUT2D eigenvalue weighted by molar-refractivity contribution is -0.117. The van der Waals surface area contributed by atoms with E-state index in [2.05, 4.69) is 10.5 Å². The van der Waals surface area contributed by atoms with Gasteiger partial charge >= 0.3 is 0 Å². The van der Waals surface area contributed by atoms with Gasteiger partial charge in [0.15, 0.2) is 0 Å². The van der Waals surface area contributed by atoms with Gasteiger partial charge in [-0.2, -0.15) is 4.31 Å². The maximum Gasteiger partial charge on any atom is 0.243 e. The van der Waals surface area contributed by atoms with Gasteiger partial charge in [-0.25, -0.2) is 8.42 Å². The number of hydrogen-bond donors (Lipinski definition) is 1. The molecule has 0 spiro atoms. The third-order valence-electron chi connectivity index (χ3n) is 4.50. The molecule has 1 aromatic carbocycles. The van der Waals surface area contributed by atoms with Crippen molar-refractivity contribution < 1.29 is 17.7 Å². The van der Waals surface area contributed by atoms with E-state index in [1.54, 1.807) is 26.0 Å². The predicted octanol–water partition coefficient (Wildman–Crippen LogP) is 2.39. The number of aromatic nitrogens is 1. The summed E-state index contributed by atoms with van der Waals surface area (Å²) in [5.41, 5.74) is 2.34. The SMILES string of the molecule is CCN(CC)S(=O)(=O)c1ccc(NC(=O)CN(C)Cc2c(C)noc2C)cc1. The summed E-state index contributed by atoms with van der Waals surface area (Å²) in [5.74, 6) is 0.559. The van der Waals surface area contributed by atoms with Crippen molar-refractivity contribution in [2.75, 3.05) is 32.0 Å². The zero-order valence-electron chi connectivity index (χ0n) is 17.0. The molecule has 9 heteroatoms. The molecule has 1 amide bonds. The quantitative estimate of drug-likeness (QED) is 0.684. The third-order valence-corrected chi connectivity index (χ3v) is 6.57.